The average Bonchev–Trinajstić information content (AvgIpc) is 2.81. The van der Waals surface area contributed by atoms with E-state index in [9.17, 15) is 9.18 Å². The molecule has 1 aliphatic rings. The van der Waals surface area contributed by atoms with Crippen LogP contribution in [0.1, 0.15) is 11.1 Å². The summed E-state index contributed by atoms with van der Waals surface area (Å²) in [4.78, 5) is 16.4. The minimum absolute atomic E-state index is 0.0348. The molecule has 0 bridgehead atoms. The van der Waals surface area contributed by atoms with Gasteiger partial charge in [0.15, 0.2) is 5.17 Å². The normalized spacial score (nSPS) is 19.5. The Bertz CT molecular complexity index is 728. The first kappa shape index (κ1) is 14.8. The van der Waals surface area contributed by atoms with E-state index in [0.717, 1.165) is 5.56 Å². The molecule has 1 aliphatic heterocycles. The lowest BCUT2D eigenvalue weighted by Crippen LogP contribution is -2.25. The largest absolute Gasteiger partial charge is 0.304 e. The Morgan fingerprint density at radius 2 is 2.00 bits per heavy atom. The monoisotopic (exact) mass is 314 g/mol. The maximum Gasteiger partial charge on any atom is 0.239 e. The van der Waals surface area contributed by atoms with E-state index in [0.29, 0.717) is 17.3 Å². The van der Waals surface area contributed by atoms with E-state index in [1.807, 2.05) is 25.1 Å². The fourth-order valence-corrected chi connectivity index (χ4v) is 3.31. The Kier molecular flexibility index (Phi) is 4.24. The molecule has 0 aromatic heterocycles. The van der Waals surface area contributed by atoms with Crippen LogP contribution in [0.25, 0.3) is 0 Å². The van der Waals surface area contributed by atoms with Crippen LogP contribution in [0.4, 0.5) is 10.1 Å². The van der Waals surface area contributed by atoms with E-state index >= 15 is 0 Å². The lowest BCUT2D eigenvalue weighted by molar-refractivity contribution is -0.118. The van der Waals surface area contributed by atoms with Crippen molar-refractivity contribution in [3.63, 3.8) is 0 Å². The smallest absolute Gasteiger partial charge is 0.239 e. The van der Waals surface area contributed by atoms with E-state index in [2.05, 4.69) is 16.4 Å². The number of benzene rings is 2. The fraction of sp³-hybridized carbons (Fsp3) is 0.176. The molecule has 112 valence electrons. The van der Waals surface area contributed by atoms with Crippen LogP contribution in [0.5, 0.6) is 0 Å². The van der Waals surface area contributed by atoms with Gasteiger partial charge >= 0.3 is 0 Å². The minimum atomic E-state index is -0.301. The van der Waals surface area contributed by atoms with E-state index in [1.165, 1.54) is 29.5 Å². The minimum Gasteiger partial charge on any atom is -0.304 e. The van der Waals surface area contributed by atoms with Gasteiger partial charge in [-0.3, -0.25) is 4.79 Å². The van der Waals surface area contributed by atoms with Crippen LogP contribution in [-0.4, -0.2) is 16.3 Å². The van der Waals surface area contributed by atoms with Gasteiger partial charge in [0.25, 0.3) is 0 Å². The van der Waals surface area contributed by atoms with E-state index < -0.39 is 0 Å². The summed E-state index contributed by atoms with van der Waals surface area (Å²) in [5, 5.41) is 3.17. The predicted octanol–water partition coefficient (Wildman–Crippen LogP) is 3.60. The molecule has 3 nitrogen and oxygen atoms in total. The first-order valence-electron chi connectivity index (χ1n) is 6.97. The average molecular weight is 314 g/mol. The molecule has 3 rings (SSSR count). The molecular weight excluding hydrogens is 299 g/mol. The second-order valence-corrected chi connectivity index (χ2v) is 6.37. The third-order valence-corrected chi connectivity index (χ3v) is 4.42. The number of aryl methyl sites for hydroxylation is 1. The summed E-state index contributed by atoms with van der Waals surface area (Å²) in [6.07, 6.45) is 0.667. The van der Waals surface area contributed by atoms with Gasteiger partial charge in [0.05, 0.1) is 10.9 Å². The summed E-state index contributed by atoms with van der Waals surface area (Å²) in [5.41, 5.74) is 2.94. The Hall–Kier alpha value is -2.14. The zero-order chi connectivity index (χ0) is 15.5. The van der Waals surface area contributed by atoms with Crippen molar-refractivity contribution < 1.29 is 9.18 Å². The van der Waals surface area contributed by atoms with Crippen LogP contribution < -0.4 is 5.32 Å². The number of amides is 1. The highest BCUT2D eigenvalue weighted by molar-refractivity contribution is 8.15. The lowest BCUT2D eigenvalue weighted by Gasteiger charge is -2.06. The van der Waals surface area contributed by atoms with Crippen molar-refractivity contribution in [3.05, 3.63) is 65.5 Å². The van der Waals surface area contributed by atoms with Gasteiger partial charge in [-0.05, 0) is 43.2 Å². The van der Waals surface area contributed by atoms with Gasteiger partial charge in [-0.25, -0.2) is 9.38 Å². The number of rotatable bonds is 3. The number of nitrogens with zero attached hydrogens (tertiary/aromatic N) is 1. The molecular formula is C17H15FN2OS. The Balaban J connectivity index is 1.71. The van der Waals surface area contributed by atoms with Gasteiger partial charge < -0.3 is 5.32 Å². The fourth-order valence-electron chi connectivity index (χ4n) is 2.28. The van der Waals surface area contributed by atoms with Crippen LogP contribution in [0, 0.1) is 12.7 Å². The molecule has 1 heterocycles. The third-order valence-electron chi connectivity index (χ3n) is 3.34. The number of halogens is 1. The highest BCUT2D eigenvalue weighted by atomic mass is 32.2. The van der Waals surface area contributed by atoms with Gasteiger partial charge in [-0.1, -0.05) is 41.6 Å². The summed E-state index contributed by atoms with van der Waals surface area (Å²) in [5.74, 6) is -0.336. The standard InChI is InChI=1S/C17H15FN2OS/c1-11-3-2-4-12(9-11)10-15-16(21)20-17(22-15)19-14-7-5-13(18)6-8-14/h2-9,15H,10H2,1H3,(H,19,20,21). The van der Waals surface area contributed by atoms with Crippen molar-refractivity contribution in [3.8, 4) is 0 Å². The maximum atomic E-state index is 12.9. The van der Waals surface area contributed by atoms with Crippen molar-refractivity contribution in [1.82, 2.24) is 5.32 Å². The predicted molar refractivity (Wildman–Crippen MR) is 87.9 cm³/mol. The molecule has 1 unspecified atom stereocenters. The van der Waals surface area contributed by atoms with Crippen molar-refractivity contribution in [1.29, 1.82) is 0 Å². The Labute approximate surface area is 132 Å². The summed E-state index contributed by atoms with van der Waals surface area (Å²) in [6, 6.07) is 14.0. The molecule has 0 aliphatic carbocycles. The van der Waals surface area contributed by atoms with Gasteiger partial charge in [0.1, 0.15) is 5.82 Å². The van der Waals surface area contributed by atoms with Gasteiger partial charge in [0, 0.05) is 0 Å². The Morgan fingerprint density at radius 3 is 2.73 bits per heavy atom. The molecule has 0 radical (unpaired) electrons. The van der Waals surface area contributed by atoms with Crippen LogP contribution in [0.3, 0.4) is 0 Å². The van der Waals surface area contributed by atoms with Crippen LogP contribution in [-0.2, 0) is 11.2 Å². The van der Waals surface area contributed by atoms with E-state index in [4.69, 9.17) is 0 Å². The SMILES string of the molecule is Cc1cccc(CC2SC(=Nc3ccc(F)cc3)NC2=O)c1. The zero-order valence-electron chi connectivity index (χ0n) is 12.0. The number of hydrogen-bond acceptors (Lipinski definition) is 3. The molecule has 5 heteroatoms. The number of thioether (sulfide) groups is 1. The summed E-state index contributed by atoms with van der Waals surface area (Å²) in [7, 11) is 0. The van der Waals surface area contributed by atoms with Gasteiger partial charge in [-0.2, -0.15) is 0 Å². The number of carbonyl (C=O) groups is 1. The topological polar surface area (TPSA) is 41.5 Å². The maximum absolute atomic E-state index is 12.9. The first-order valence-corrected chi connectivity index (χ1v) is 7.85. The molecule has 2 aromatic rings. The number of aliphatic imine (C=N–C) groups is 1. The second-order valence-electron chi connectivity index (χ2n) is 5.18. The zero-order valence-corrected chi connectivity index (χ0v) is 12.9. The molecule has 1 fully saturated rings. The van der Waals surface area contributed by atoms with Crippen molar-refractivity contribution in [2.24, 2.45) is 4.99 Å². The summed E-state index contributed by atoms with van der Waals surface area (Å²) < 4.78 is 12.9. The molecule has 1 amide bonds. The first-order chi connectivity index (χ1) is 10.6. The number of carbonyl (C=O) groups excluding carboxylic acids is 1. The molecule has 0 saturated carbocycles. The van der Waals surface area contributed by atoms with Crippen LogP contribution in [0.2, 0.25) is 0 Å². The van der Waals surface area contributed by atoms with Crippen molar-refractivity contribution >= 4 is 28.5 Å². The van der Waals surface area contributed by atoms with E-state index in [-0.39, 0.29) is 17.0 Å². The van der Waals surface area contributed by atoms with Crippen molar-refractivity contribution in [2.75, 3.05) is 0 Å². The number of nitrogens with one attached hydrogen (secondary N) is 1. The van der Waals surface area contributed by atoms with Gasteiger partial charge in [-0.15, -0.1) is 0 Å². The second kappa shape index (κ2) is 6.32. The highest BCUT2D eigenvalue weighted by Gasteiger charge is 2.30. The third kappa shape index (κ3) is 3.54. The lowest BCUT2D eigenvalue weighted by atomic mass is 10.1. The molecule has 2 aromatic carbocycles. The highest BCUT2D eigenvalue weighted by Crippen LogP contribution is 2.26. The molecule has 0 spiro atoms. The molecule has 1 saturated heterocycles. The van der Waals surface area contributed by atoms with E-state index in [1.54, 1.807) is 12.1 Å². The molecule has 1 N–H and O–H groups in total. The number of hydrogen-bond donors (Lipinski definition) is 1. The quantitative estimate of drug-likeness (QED) is 0.940. The summed E-state index contributed by atoms with van der Waals surface area (Å²) >= 11 is 1.41. The molecule has 1 atom stereocenters. The van der Waals surface area contributed by atoms with Crippen LogP contribution in [0.15, 0.2) is 53.5 Å². The molecule has 22 heavy (non-hydrogen) atoms. The number of amidine groups is 1. The Morgan fingerprint density at radius 1 is 1.23 bits per heavy atom. The van der Waals surface area contributed by atoms with Crippen molar-refractivity contribution in [2.45, 2.75) is 18.6 Å². The summed E-state index contributed by atoms with van der Waals surface area (Å²) in [6.45, 7) is 2.03. The van der Waals surface area contributed by atoms with Crippen LogP contribution >= 0.6 is 11.8 Å². The van der Waals surface area contributed by atoms with Gasteiger partial charge in [0.2, 0.25) is 5.91 Å².